The molecule has 3 rings (SSSR count). The van der Waals surface area contributed by atoms with Crippen molar-refractivity contribution in [1.82, 2.24) is 15.2 Å². The third-order valence-corrected chi connectivity index (χ3v) is 4.34. The van der Waals surface area contributed by atoms with Crippen molar-refractivity contribution in [2.75, 3.05) is 50.1 Å². The quantitative estimate of drug-likeness (QED) is 0.835. The lowest BCUT2D eigenvalue weighted by Crippen LogP contribution is -2.52. The fourth-order valence-electron chi connectivity index (χ4n) is 2.85. The van der Waals surface area contributed by atoms with Gasteiger partial charge in [-0.2, -0.15) is 0 Å². The number of pyridine rings is 1. The van der Waals surface area contributed by atoms with Gasteiger partial charge in [-0.3, -0.25) is 4.79 Å². The topological polar surface area (TPSA) is 86.8 Å². The molecule has 2 aromatic rings. The first-order valence-corrected chi connectivity index (χ1v) is 8.78. The number of hydrogen-bond acceptors (Lipinski definition) is 5. The molecule has 0 radical (unpaired) electrons. The Balaban J connectivity index is 1.42. The molecule has 142 valence electrons. The van der Waals surface area contributed by atoms with Gasteiger partial charge < -0.3 is 25.2 Å². The SMILES string of the molecule is COc1ccc(N2CCN(C(=O)NCC(=O)Nc3ccccn3)CC2)cc1. The number of carbonyl (C=O) groups is 2. The molecule has 0 bridgehead atoms. The van der Waals surface area contributed by atoms with Crippen LogP contribution in [0.1, 0.15) is 0 Å². The van der Waals surface area contributed by atoms with Crippen LogP contribution in [0, 0.1) is 0 Å². The van der Waals surface area contributed by atoms with Gasteiger partial charge in [-0.15, -0.1) is 0 Å². The maximum atomic E-state index is 12.3. The fraction of sp³-hybridized carbons (Fsp3) is 0.316. The second kappa shape index (κ2) is 8.88. The van der Waals surface area contributed by atoms with Gasteiger partial charge in [-0.25, -0.2) is 9.78 Å². The van der Waals surface area contributed by atoms with Crippen LogP contribution in [0.5, 0.6) is 5.75 Å². The van der Waals surface area contributed by atoms with Gasteiger partial charge in [0.1, 0.15) is 11.6 Å². The number of benzene rings is 1. The molecule has 0 aliphatic carbocycles. The Morgan fingerprint density at radius 3 is 2.44 bits per heavy atom. The molecular weight excluding hydrogens is 346 g/mol. The van der Waals surface area contributed by atoms with E-state index < -0.39 is 0 Å². The van der Waals surface area contributed by atoms with Crippen molar-refractivity contribution in [2.45, 2.75) is 0 Å². The Hall–Kier alpha value is -3.29. The van der Waals surface area contributed by atoms with Crippen LogP contribution in [0.4, 0.5) is 16.3 Å². The summed E-state index contributed by atoms with van der Waals surface area (Å²) in [5, 5.41) is 5.29. The molecule has 1 fully saturated rings. The Labute approximate surface area is 158 Å². The number of nitrogens with one attached hydrogen (secondary N) is 2. The highest BCUT2D eigenvalue weighted by molar-refractivity contribution is 5.93. The van der Waals surface area contributed by atoms with E-state index in [4.69, 9.17) is 4.74 Å². The summed E-state index contributed by atoms with van der Waals surface area (Å²) in [6, 6.07) is 12.9. The normalized spacial score (nSPS) is 13.8. The van der Waals surface area contributed by atoms with Gasteiger partial charge in [0.2, 0.25) is 5.91 Å². The third kappa shape index (κ3) is 5.10. The lowest BCUT2D eigenvalue weighted by Gasteiger charge is -2.36. The Morgan fingerprint density at radius 2 is 1.81 bits per heavy atom. The van der Waals surface area contributed by atoms with Crippen LogP contribution in [0.2, 0.25) is 0 Å². The van der Waals surface area contributed by atoms with E-state index >= 15 is 0 Å². The Bertz CT molecular complexity index is 759. The van der Waals surface area contributed by atoms with E-state index in [9.17, 15) is 9.59 Å². The van der Waals surface area contributed by atoms with Crippen molar-refractivity contribution in [3.8, 4) is 5.75 Å². The first kappa shape index (κ1) is 18.5. The highest BCUT2D eigenvalue weighted by Crippen LogP contribution is 2.20. The number of aromatic nitrogens is 1. The van der Waals surface area contributed by atoms with Crippen LogP contribution in [0.3, 0.4) is 0 Å². The van der Waals surface area contributed by atoms with E-state index in [1.165, 1.54) is 0 Å². The van der Waals surface area contributed by atoms with Crippen molar-refractivity contribution < 1.29 is 14.3 Å². The first-order chi connectivity index (χ1) is 13.2. The molecule has 1 saturated heterocycles. The number of piperazine rings is 1. The zero-order valence-electron chi connectivity index (χ0n) is 15.2. The molecule has 2 N–H and O–H groups in total. The second-order valence-corrected chi connectivity index (χ2v) is 6.09. The number of anilines is 2. The molecule has 0 saturated carbocycles. The van der Waals surface area contributed by atoms with Gasteiger partial charge in [-0.1, -0.05) is 6.07 Å². The minimum Gasteiger partial charge on any atom is -0.497 e. The summed E-state index contributed by atoms with van der Waals surface area (Å²) in [5.74, 6) is 0.976. The summed E-state index contributed by atoms with van der Waals surface area (Å²) in [6.45, 7) is 2.58. The molecule has 2 heterocycles. The second-order valence-electron chi connectivity index (χ2n) is 6.09. The van der Waals surface area contributed by atoms with Crippen LogP contribution in [-0.2, 0) is 4.79 Å². The fourth-order valence-corrected chi connectivity index (χ4v) is 2.85. The largest absolute Gasteiger partial charge is 0.497 e. The van der Waals surface area contributed by atoms with Crippen LogP contribution in [0.25, 0.3) is 0 Å². The number of amides is 3. The lowest BCUT2D eigenvalue weighted by atomic mass is 10.2. The maximum absolute atomic E-state index is 12.3. The molecule has 0 spiro atoms. The molecule has 8 heteroatoms. The minimum absolute atomic E-state index is 0.0892. The van der Waals surface area contributed by atoms with Crippen molar-refractivity contribution in [1.29, 1.82) is 0 Å². The summed E-state index contributed by atoms with van der Waals surface area (Å²) in [5.41, 5.74) is 1.10. The number of carbonyl (C=O) groups excluding carboxylic acids is 2. The number of rotatable bonds is 5. The summed E-state index contributed by atoms with van der Waals surface area (Å²) in [7, 11) is 1.64. The van der Waals surface area contributed by atoms with Crippen molar-refractivity contribution in [3.63, 3.8) is 0 Å². The standard InChI is InChI=1S/C19H23N5O3/c1-27-16-7-5-15(6-8-16)23-10-12-24(13-11-23)19(26)21-14-18(25)22-17-4-2-3-9-20-17/h2-9H,10-14H2,1H3,(H,21,26)(H,20,22,25). The van der Waals surface area contributed by atoms with Crippen molar-refractivity contribution in [2.24, 2.45) is 0 Å². The lowest BCUT2D eigenvalue weighted by molar-refractivity contribution is -0.115. The van der Waals surface area contributed by atoms with Gasteiger partial charge in [0.05, 0.1) is 13.7 Å². The molecule has 1 aromatic heterocycles. The van der Waals surface area contributed by atoms with E-state index in [0.29, 0.717) is 18.9 Å². The Kier molecular flexibility index (Phi) is 6.09. The molecular formula is C19H23N5O3. The summed E-state index contributed by atoms with van der Waals surface area (Å²) >= 11 is 0. The predicted octanol–water partition coefficient (Wildman–Crippen LogP) is 1.56. The van der Waals surface area contributed by atoms with E-state index in [2.05, 4.69) is 20.5 Å². The van der Waals surface area contributed by atoms with Crippen LogP contribution in [0.15, 0.2) is 48.7 Å². The molecule has 3 amide bonds. The molecule has 0 atom stereocenters. The molecule has 27 heavy (non-hydrogen) atoms. The third-order valence-electron chi connectivity index (χ3n) is 4.34. The van der Waals surface area contributed by atoms with Gasteiger partial charge in [-0.05, 0) is 36.4 Å². The maximum Gasteiger partial charge on any atom is 0.317 e. The summed E-state index contributed by atoms with van der Waals surface area (Å²) in [6.07, 6.45) is 1.59. The smallest absolute Gasteiger partial charge is 0.317 e. The van der Waals surface area contributed by atoms with Gasteiger partial charge in [0, 0.05) is 38.1 Å². The number of hydrogen-bond donors (Lipinski definition) is 2. The number of urea groups is 1. The monoisotopic (exact) mass is 369 g/mol. The molecule has 1 aromatic carbocycles. The highest BCUT2D eigenvalue weighted by atomic mass is 16.5. The Morgan fingerprint density at radius 1 is 1.07 bits per heavy atom. The van der Waals surface area contributed by atoms with Crippen LogP contribution in [-0.4, -0.2) is 61.7 Å². The first-order valence-electron chi connectivity index (χ1n) is 8.78. The van der Waals surface area contributed by atoms with E-state index in [0.717, 1.165) is 24.5 Å². The average molecular weight is 369 g/mol. The highest BCUT2D eigenvalue weighted by Gasteiger charge is 2.21. The zero-order valence-corrected chi connectivity index (χ0v) is 15.2. The summed E-state index contributed by atoms with van der Waals surface area (Å²) in [4.78, 5) is 32.1. The van der Waals surface area contributed by atoms with Crippen molar-refractivity contribution >= 4 is 23.4 Å². The van der Waals surface area contributed by atoms with Gasteiger partial charge >= 0.3 is 6.03 Å². The van der Waals surface area contributed by atoms with E-state index in [-0.39, 0.29) is 18.5 Å². The minimum atomic E-state index is -0.307. The van der Waals surface area contributed by atoms with Gasteiger partial charge in [0.25, 0.3) is 0 Å². The zero-order chi connectivity index (χ0) is 19.1. The van der Waals surface area contributed by atoms with Crippen LogP contribution >= 0.6 is 0 Å². The molecule has 8 nitrogen and oxygen atoms in total. The van der Waals surface area contributed by atoms with E-state index in [1.54, 1.807) is 36.4 Å². The number of nitrogens with zero attached hydrogens (tertiary/aromatic N) is 3. The number of methoxy groups -OCH3 is 1. The summed E-state index contributed by atoms with van der Waals surface area (Å²) < 4.78 is 5.17. The average Bonchev–Trinajstić information content (AvgIpc) is 2.73. The predicted molar refractivity (Wildman–Crippen MR) is 103 cm³/mol. The molecule has 1 aliphatic heterocycles. The van der Waals surface area contributed by atoms with Crippen LogP contribution < -0.4 is 20.3 Å². The van der Waals surface area contributed by atoms with E-state index in [1.807, 2.05) is 24.3 Å². The molecule has 1 aliphatic rings. The van der Waals surface area contributed by atoms with Gasteiger partial charge in [0.15, 0.2) is 0 Å². The number of ether oxygens (including phenoxy) is 1. The molecule has 0 unspecified atom stereocenters. The van der Waals surface area contributed by atoms with Crippen molar-refractivity contribution in [3.05, 3.63) is 48.7 Å².